The number of nitrogens with zero attached hydrogens (tertiary/aromatic N) is 5. The van der Waals surface area contributed by atoms with Gasteiger partial charge in [-0.1, -0.05) is 11.6 Å². The monoisotopic (exact) mass is 448 g/mol. The summed E-state index contributed by atoms with van der Waals surface area (Å²) >= 11 is 5.71. The second-order valence-corrected chi connectivity index (χ2v) is 6.96. The molecule has 2 aromatic rings. The highest BCUT2D eigenvalue weighted by atomic mass is 35.5. The van der Waals surface area contributed by atoms with Crippen molar-refractivity contribution in [2.75, 3.05) is 31.6 Å². The number of amides is 2. The first-order chi connectivity index (χ1) is 14.1. The molecule has 1 N–H and O–H groups in total. The van der Waals surface area contributed by atoms with Gasteiger partial charge in [0.2, 0.25) is 5.91 Å². The lowest BCUT2D eigenvalue weighted by molar-refractivity contribution is -0.141. The second kappa shape index (κ2) is 8.64. The second-order valence-electron chi connectivity index (χ2n) is 6.58. The van der Waals surface area contributed by atoms with Gasteiger partial charge >= 0.3 is 6.18 Å². The number of hydrogen-bond donors (Lipinski definition) is 1. The topological polar surface area (TPSA) is 94.3 Å². The zero-order valence-corrected chi connectivity index (χ0v) is 17.0. The number of anilines is 1. The van der Waals surface area contributed by atoms with Crippen LogP contribution in [0.4, 0.5) is 18.9 Å². The van der Waals surface area contributed by atoms with Crippen molar-refractivity contribution < 1.29 is 27.5 Å². The van der Waals surface area contributed by atoms with Gasteiger partial charge in [-0.3, -0.25) is 19.0 Å². The zero-order chi connectivity index (χ0) is 22.1. The van der Waals surface area contributed by atoms with Gasteiger partial charge in [0.05, 0.1) is 35.8 Å². The summed E-state index contributed by atoms with van der Waals surface area (Å²) in [5.74, 6) is -0.983. The summed E-state index contributed by atoms with van der Waals surface area (Å²) in [6.45, 7) is 4.65. The molecule has 1 aliphatic rings. The van der Waals surface area contributed by atoms with Crippen LogP contribution in [0.25, 0.3) is 0 Å². The molecule has 1 saturated heterocycles. The summed E-state index contributed by atoms with van der Waals surface area (Å²) < 4.78 is 46.5. The number of aromatic nitrogens is 4. The molecule has 9 nitrogen and oxygen atoms in total. The van der Waals surface area contributed by atoms with E-state index in [1.807, 2.05) is 0 Å². The molecular weight excluding hydrogens is 429 g/mol. The van der Waals surface area contributed by atoms with Crippen molar-refractivity contribution in [1.29, 1.82) is 0 Å². The molecule has 1 aliphatic heterocycles. The first-order valence-electron chi connectivity index (χ1n) is 9.16. The quantitative estimate of drug-likeness (QED) is 0.756. The third-order valence-corrected chi connectivity index (χ3v) is 5.06. The van der Waals surface area contributed by atoms with Crippen LogP contribution in [0.3, 0.4) is 0 Å². The van der Waals surface area contributed by atoms with Gasteiger partial charge in [-0.15, -0.1) is 0 Å². The molecule has 0 radical (unpaired) electrons. The normalized spacial score (nSPS) is 14.8. The molecule has 2 aromatic heterocycles. The highest BCUT2D eigenvalue weighted by Gasteiger charge is 2.38. The van der Waals surface area contributed by atoms with E-state index in [4.69, 9.17) is 16.3 Å². The number of ether oxygens (including phenoxy) is 1. The van der Waals surface area contributed by atoms with E-state index in [2.05, 4.69) is 15.5 Å². The summed E-state index contributed by atoms with van der Waals surface area (Å²) in [6, 6.07) is 0. The fraction of sp³-hybridized carbons (Fsp3) is 0.529. The lowest BCUT2D eigenvalue weighted by atomic mass is 10.2. The zero-order valence-electron chi connectivity index (χ0n) is 16.3. The fourth-order valence-electron chi connectivity index (χ4n) is 3.04. The number of hydrogen-bond acceptors (Lipinski definition) is 5. The minimum Gasteiger partial charge on any atom is -0.378 e. The van der Waals surface area contributed by atoms with Crippen LogP contribution >= 0.6 is 11.6 Å². The van der Waals surface area contributed by atoms with Crippen LogP contribution < -0.4 is 5.32 Å². The van der Waals surface area contributed by atoms with Gasteiger partial charge in [0, 0.05) is 19.6 Å². The Kier molecular flexibility index (Phi) is 6.36. The van der Waals surface area contributed by atoms with Gasteiger partial charge < -0.3 is 15.0 Å². The van der Waals surface area contributed by atoms with E-state index in [-0.39, 0.29) is 23.0 Å². The van der Waals surface area contributed by atoms with Gasteiger partial charge in [-0.05, 0) is 13.8 Å². The van der Waals surface area contributed by atoms with Crippen molar-refractivity contribution in [3.63, 3.8) is 0 Å². The summed E-state index contributed by atoms with van der Waals surface area (Å²) in [4.78, 5) is 27.0. The lowest BCUT2D eigenvalue weighted by Gasteiger charge is -2.27. The summed E-state index contributed by atoms with van der Waals surface area (Å²) in [6.07, 6.45) is -3.40. The summed E-state index contributed by atoms with van der Waals surface area (Å²) in [7, 11) is 0. The third-order valence-electron chi connectivity index (χ3n) is 4.61. The first kappa shape index (κ1) is 22.1. The molecule has 0 bridgehead atoms. The van der Waals surface area contributed by atoms with Crippen molar-refractivity contribution in [2.45, 2.75) is 33.1 Å². The van der Waals surface area contributed by atoms with Crippen LogP contribution in [0.2, 0.25) is 5.02 Å². The number of nitrogens with one attached hydrogen (secondary N) is 1. The van der Waals surface area contributed by atoms with Crippen LogP contribution in [0.15, 0.2) is 6.20 Å². The fourth-order valence-corrected chi connectivity index (χ4v) is 3.29. The standard InChI is InChI=1S/C17H20ClF3N6O3/c1-3-26-14(16(29)25-4-6-30-7-5-25)11(8-22-26)23-12(28)9-27-10(2)13(18)15(24-27)17(19,20)21/h8H,3-7,9H2,1-2H3,(H,23,28). The number of morpholine rings is 1. The van der Waals surface area contributed by atoms with Crippen molar-refractivity contribution in [3.05, 3.63) is 28.3 Å². The van der Waals surface area contributed by atoms with Gasteiger partial charge in [0.25, 0.3) is 5.91 Å². The molecule has 3 rings (SSSR count). The van der Waals surface area contributed by atoms with Crippen LogP contribution in [-0.4, -0.2) is 62.6 Å². The Labute approximate surface area is 174 Å². The number of rotatable bonds is 5. The van der Waals surface area contributed by atoms with Gasteiger partial charge in [0.1, 0.15) is 12.2 Å². The van der Waals surface area contributed by atoms with Crippen molar-refractivity contribution in [3.8, 4) is 0 Å². The smallest absolute Gasteiger partial charge is 0.378 e. The Bertz CT molecular complexity index is 949. The van der Waals surface area contributed by atoms with Gasteiger partial charge in [-0.2, -0.15) is 23.4 Å². The van der Waals surface area contributed by atoms with Crippen molar-refractivity contribution in [1.82, 2.24) is 24.5 Å². The average Bonchev–Trinajstić information content (AvgIpc) is 3.23. The van der Waals surface area contributed by atoms with Crippen LogP contribution in [-0.2, 0) is 28.8 Å². The maximum absolute atomic E-state index is 13.0. The Hall–Kier alpha value is -2.60. The molecule has 0 atom stereocenters. The molecule has 1 fully saturated rings. The number of aryl methyl sites for hydroxylation is 1. The molecule has 30 heavy (non-hydrogen) atoms. The molecular formula is C17H20ClF3N6O3. The molecule has 0 saturated carbocycles. The Morgan fingerprint density at radius 2 is 1.93 bits per heavy atom. The average molecular weight is 449 g/mol. The van der Waals surface area contributed by atoms with Crippen molar-refractivity contribution in [2.24, 2.45) is 0 Å². The summed E-state index contributed by atoms with van der Waals surface area (Å²) in [5.41, 5.74) is -0.881. The molecule has 0 aliphatic carbocycles. The van der Waals surface area contributed by atoms with E-state index in [9.17, 15) is 22.8 Å². The number of alkyl halides is 3. The van der Waals surface area contributed by atoms with Gasteiger partial charge in [-0.25, -0.2) is 0 Å². The Morgan fingerprint density at radius 1 is 1.27 bits per heavy atom. The van der Waals surface area contributed by atoms with E-state index >= 15 is 0 Å². The SMILES string of the molecule is CCn1ncc(NC(=O)Cn2nc(C(F)(F)F)c(Cl)c2C)c1C(=O)N1CCOCC1. The highest BCUT2D eigenvalue weighted by molar-refractivity contribution is 6.32. The first-order valence-corrected chi connectivity index (χ1v) is 9.54. The predicted molar refractivity (Wildman–Crippen MR) is 100 cm³/mol. The summed E-state index contributed by atoms with van der Waals surface area (Å²) in [5, 5.41) is 9.50. The molecule has 0 aromatic carbocycles. The Morgan fingerprint density at radius 3 is 2.50 bits per heavy atom. The van der Waals surface area contributed by atoms with Crippen molar-refractivity contribution >= 4 is 29.1 Å². The van der Waals surface area contributed by atoms with Crippen LogP contribution in [0.5, 0.6) is 0 Å². The number of carbonyl (C=O) groups excluding carboxylic acids is 2. The van der Waals surface area contributed by atoms with E-state index in [1.165, 1.54) is 17.8 Å². The largest absolute Gasteiger partial charge is 0.436 e. The number of halogens is 4. The molecule has 3 heterocycles. The third kappa shape index (κ3) is 4.43. The lowest BCUT2D eigenvalue weighted by Crippen LogP contribution is -2.41. The molecule has 0 spiro atoms. The maximum atomic E-state index is 13.0. The van der Waals surface area contributed by atoms with Crippen LogP contribution in [0.1, 0.15) is 28.8 Å². The predicted octanol–water partition coefficient (Wildman–Crippen LogP) is 2.19. The number of carbonyl (C=O) groups is 2. The molecule has 13 heteroatoms. The minimum absolute atomic E-state index is 0.00742. The van der Waals surface area contributed by atoms with E-state index in [1.54, 1.807) is 11.8 Å². The molecule has 2 amide bonds. The van der Waals surface area contributed by atoms with E-state index in [0.29, 0.717) is 32.8 Å². The highest BCUT2D eigenvalue weighted by Crippen LogP contribution is 2.35. The van der Waals surface area contributed by atoms with Crippen LogP contribution in [0, 0.1) is 6.92 Å². The maximum Gasteiger partial charge on any atom is 0.436 e. The van der Waals surface area contributed by atoms with E-state index < -0.39 is 29.3 Å². The van der Waals surface area contributed by atoms with Gasteiger partial charge in [0.15, 0.2) is 5.69 Å². The minimum atomic E-state index is -4.73. The Balaban J connectivity index is 1.79. The molecule has 0 unspecified atom stereocenters. The molecule has 164 valence electrons. The van der Waals surface area contributed by atoms with E-state index in [0.717, 1.165) is 4.68 Å².